The molecule has 1 N–H and O–H groups in total. The Bertz CT molecular complexity index is 407. The highest BCUT2D eigenvalue weighted by molar-refractivity contribution is 5.30. The van der Waals surface area contributed by atoms with Crippen molar-refractivity contribution in [3.8, 4) is 0 Å². The van der Waals surface area contributed by atoms with Crippen LogP contribution in [-0.4, -0.2) is 31.6 Å². The van der Waals surface area contributed by atoms with Crippen molar-refractivity contribution in [2.24, 2.45) is 5.92 Å². The van der Waals surface area contributed by atoms with Crippen LogP contribution < -0.4 is 5.32 Å². The van der Waals surface area contributed by atoms with Gasteiger partial charge >= 0.3 is 0 Å². The van der Waals surface area contributed by atoms with E-state index in [0.717, 1.165) is 12.5 Å². The van der Waals surface area contributed by atoms with Crippen LogP contribution in [0.1, 0.15) is 48.9 Å². The fourth-order valence-electron chi connectivity index (χ4n) is 3.56. The maximum absolute atomic E-state index is 3.50. The molecular formula is C18H30N2. The Morgan fingerprint density at radius 3 is 2.55 bits per heavy atom. The summed E-state index contributed by atoms with van der Waals surface area (Å²) >= 11 is 0. The molecule has 0 aliphatic carbocycles. The molecule has 1 saturated heterocycles. The molecule has 2 unspecified atom stereocenters. The minimum Gasteiger partial charge on any atom is -0.312 e. The van der Waals surface area contributed by atoms with Crippen molar-refractivity contribution >= 4 is 0 Å². The van der Waals surface area contributed by atoms with Crippen molar-refractivity contribution in [3.05, 3.63) is 34.9 Å². The quantitative estimate of drug-likeness (QED) is 0.851. The first-order valence-electron chi connectivity index (χ1n) is 8.10. The van der Waals surface area contributed by atoms with Crippen LogP contribution in [0.25, 0.3) is 0 Å². The van der Waals surface area contributed by atoms with Crippen LogP contribution in [0.3, 0.4) is 0 Å². The van der Waals surface area contributed by atoms with Crippen LogP contribution in [0.4, 0.5) is 0 Å². The van der Waals surface area contributed by atoms with Gasteiger partial charge in [0.05, 0.1) is 0 Å². The molecule has 0 spiro atoms. The van der Waals surface area contributed by atoms with E-state index >= 15 is 0 Å². The van der Waals surface area contributed by atoms with Gasteiger partial charge in [-0.15, -0.1) is 0 Å². The van der Waals surface area contributed by atoms with E-state index in [1.807, 2.05) is 0 Å². The number of hydrogen-bond acceptors (Lipinski definition) is 2. The molecule has 1 heterocycles. The maximum atomic E-state index is 3.50. The highest BCUT2D eigenvalue weighted by atomic mass is 15.2. The zero-order valence-corrected chi connectivity index (χ0v) is 13.6. The Balaban J connectivity index is 1.99. The number of likely N-dealkylation sites (tertiary alicyclic amines) is 1. The molecule has 0 radical (unpaired) electrons. The van der Waals surface area contributed by atoms with Crippen LogP contribution in [-0.2, 0) is 0 Å². The Morgan fingerprint density at radius 1 is 1.25 bits per heavy atom. The SMILES string of the molecule is CCCC1CCN(CC(NC)c2cc(C)cc(C)c2)C1. The van der Waals surface area contributed by atoms with E-state index in [1.165, 1.54) is 49.0 Å². The number of rotatable bonds is 6. The molecule has 20 heavy (non-hydrogen) atoms. The second-order valence-corrected chi connectivity index (χ2v) is 6.47. The second kappa shape index (κ2) is 7.24. The van der Waals surface area contributed by atoms with Gasteiger partial charge in [-0.2, -0.15) is 0 Å². The summed E-state index contributed by atoms with van der Waals surface area (Å²) in [5, 5.41) is 3.50. The summed E-state index contributed by atoms with van der Waals surface area (Å²) in [6.07, 6.45) is 4.10. The summed E-state index contributed by atoms with van der Waals surface area (Å²) < 4.78 is 0. The van der Waals surface area contributed by atoms with E-state index in [9.17, 15) is 0 Å². The summed E-state index contributed by atoms with van der Waals surface area (Å²) in [5.41, 5.74) is 4.17. The minimum absolute atomic E-state index is 0.453. The van der Waals surface area contributed by atoms with Gasteiger partial charge in [0.1, 0.15) is 0 Å². The van der Waals surface area contributed by atoms with E-state index in [4.69, 9.17) is 0 Å². The maximum Gasteiger partial charge on any atom is 0.0447 e. The lowest BCUT2D eigenvalue weighted by Crippen LogP contribution is -2.32. The van der Waals surface area contributed by atoms with E-state index in [-0.39, 0.29) is 0 Å². The fraction of sp³-hybridized carbons (Fsp3) is 0.667. The van der Waals surface area contributed by atoms with Gasteiger partial charge in [0.2, 0.25) is 0 Å². The molecule has 1 aromatic rings. The van der Waals surface area contributed by atoms with Gasteiger partial charge in [0.25, 0.3) is 0 Å². The van der Waals surface area contributed by atoms with E-state index in [2.05, 4.69) is 56.2 Å². The van der Waals surface area contributed by atoms with E-state index < -0.39 is 0 Å². The Labute approximate surface area is 124 Å². The van der Waals surface area contributed by atoms with Gasteiger partial charge in [-0.1, -0.05) is 42.7 Å². The molecule has 0 bridgehead atoms. The number of benzene rings is 1. The topological polar surface area (TPSA) is 15.3 Å². The van der Waals surface area contributed by atoms with Gasteiger partial charge in [-0.05, 0) is 51.8 Å². The van der Waals surface area contributed by atoms with Gasteiger partial charge in [0.15, 0.2) is 0 Å². The van der Waals surface area contributed by atoms with Crippen molar-refractivity contribution in [3.63, 3.8) is 0 Å². The number of aryl methyl sites for hydroxylation is 2. The van der Waals surface area contributed by atoms with Crippen LogP contribution >= 0.6 is 0 Å². The molecular weight excluding hydrogens is 244 g/mol. The first kappa shape index (κ1) is 15.5. The Morgan fingerprint density at radius 2 is 1.95 bits per heavy atom. The van der Waals surface area contributed by atoms with Crippen molar-refractivity contribution < 1.29 is 0 Å². The molecule has 0 amide bonds. The molecule has 0 aromatic heterocycles. The third kappa shape index (κ3) is 4.07. The first-order valence-corrected chi connectivity index (χ1v) is 8.10. The molecule has 2 rings (SSSR count). The van der Waals surface area contributed by atoms with Gasteiger partial charge < -0.3 is 10.2 Å². The van der Waals surface area contributed by atoms with Crippen LogP contribution in [0.5, 0.6) is 0 Å². The lowest BCUT2D eigenvalue weighted by Gasteiger charge is -2.24. The zero-order chi connectivity index (χ0) is 14.5. The smallest absolute Gasteiger partial charge is 0.0447 e. The first-order chi connectivity index (χ1) is 9.62. The summed E-state index contributed by atoms with van der Waals surface area (Å²) in [4.78, 5) is 2.64. The summed E-state index contributed by atoms with van der Waals surface area (Å²) in [7, 11) is 2.09. The average molecular weight is 274 g/mol. The number of hydrogen-bond donors (Lipinski definition) is 1. The van der Waals surface area contributed by atoms with Crippen LogP contribution in [0, 0.1) is 19.8 Å². The van der Waals surface area contributed by atoms with E-state index in [0.29, 0.717) is 6.04 Å². The molecule has 2 heteroatoms. The molecule has 112 valence electrons. The van der Waals surface area contributed by atoms with Crippen molar-refractivity contribution in [1.82, 2.24) is 10.2 Å². The summed E-state index contributed by atoms with van der Waals surface area (Å²) in [6.45, 7) is 10.4. The van der Waals surface area contributed by atoms with Gasteiger partial charge in [-0.3, -0.25) is 0 Å². The lowest BCUT2D eigenvalue weighted by atomic mass is 10.0. The van der Waals surface area contributed by atoms with Crippen molar-refractivity contribution in [2.75, 3.05) is 26.7 Å². The number of likely N-dealkylation sites (N-methyl/N-ethyl adjacent to an activating group) is 1. The van der Waals surface area contributed by atoms with Crippen molar-refractivity contribution in [2.45, 2.75) is 46.1 Å². The minimum atomic E-state index is 0.453. The third-order valence-electron chi connectivity index (χ3n) is 4.50. The largest absolute Gasteiger partial charge is 0.312 e. The highest BCUT2D eigenvalue weighted by Gasteiger charge is 2.24. The molecule has 0 saturated carbocycles. The standard InChI is InChI=1S/C18H30N2/c1-5-6-16-7-8-20(12-16)13-18(19-4)17-10-14(2)9-15(3)11-17/h9-11,16,18-19H,5-8,12-13H2,1-4H3. The van der Waals surface area contributed by atoms with Crippen molar-refractivity contribution in [1.29, 1.82) is 0 Å². The lowest BCUT2D eigenvalue weighted by molar-refractivity contribution is 0.286. The predicted molar refractivity (Wildman–Crippen MR) is 87.2 cm³/mol. The monoisotopic (exact) mass is 274 g/mol. The van der Waals surface area contributed by atoms with E-state index in [1.54, 1.807) is 0 Å². The summed E-state index contributed by atoms with van der Waals surface area (Å²) in [6, 6.07) is 7.36. The molecule has 1 aromatic carbocycles. The van der Waals surface area contributed by atoms with Crippen LogP contribution in [0.15, 0.2) is 18.2 Å². The Hall–Kier alpha value is -0.860. The molecule has 2 atom stereocenters. The Kier molecular flexibility index (Phi) is 5.62. The third-order valence-corrected chi connectivity index (χ3v) is 4.50. The number of nitrogens with zero attached hydrogens (tertiary/aromatic N) is 1. The predicted octanol–water partition coefficient (Wildman–Crippen LogP) is 3.69. The van der Waals surface area contributed by atoms with Gasteiger partial charge in [-0.25, -0.2) is 0 Å². The molecule has 1 fully saturated rings. The highest BCUT2D eigenvalue weighted by Crippen LogP contribution is 2.24. The second-order valence-electron chi connectivity index (χ2n) is 6.47. The van der Waals surface area contributed by atoms with Crippen LogP contribution in [0.2, 0.25) is 0 Å². The summed E-state index contributed by atoms with van der Waals surface area (Å²) in [5.74, 6) is 0.928. The fourth-order valence-corrected chi connectivity index (χ4v) is 3.56. The molecule has 2 nitrogen and oxygen atoms in total. The zero-order valence-electron chi connectivity index (χ0n) is 13.6. The number of nitrogens with one attached hydrogen (secondary N) is 1. The normalized spacial score (nSPS) is 21.3. The molecule has 1 aliphatic heterocycles. The molecule has 1 aliphatic rings. The van der Waals surface area contributed by atoms with Gasteiger partial charge in [0, 0.05) is 19.1 Å². The average Bonchev–Trinajstić information content (AvgIpc) is 2.82.